The molecule has 0 bridgehead atoms. The number of halogens is 1. The summed E-state index contributed by atoms with van der Waals surface area (Å²) in [6.07, 6.45) is 0. The Balaban J connectivity index is 2.92. The summed E-state index contributed by atoms with van der Waals surface area (Å²) in [7, 11) is 3.39. The van der Waals surface area contributed by atoms with Crippen molar-refractivity contribution in [1.29, 1.82) is 0 Å². The molecule has 0 aromatic rings. The first-order valence-electron chi connectivity index (χ1n) is 2.43. The van der Waals surface area contributed by atoms with Gasteiger partial charge >= 0.3 is 0 Å². The maximum Gasteiger partial charge on any atom is 0.0602 e. The number of hydrogen-bond acceptors (Lipinski definition) is 2. The van der Waals surface area contributed by atoms with Crippen molar-refractivity contribution in [3.63, 3.8) is 0 Å². The highest BCUT2D eigenvalue weighted by atomic mass is 127. The van der Waals surface area contributed by atoms with Crippen LogP contribution in [-0.2, 0) is 9.47 Å². The van der Waals surface area contributed by atoms with E-state index < -0.39 is 0 Å². The van der Waals surface area contributed by atoms with Crippen molar-refractivity contribution in [3.05, 3.63) is 0 Å². The minimum atomic E-state index is 0.489. The molecule has 0 atom stereocenters. The lowest BCUT2D eigenvalue weighted by Crippen LogP contribution is -2.12. The number of alkyl halides is 1. The standard InChI is InChI=1S/C5H11IO2/c1-7-3-5(6)4-8-2/h5H,3-4H2,1-2H3. The molecule has 0 aromatic carbocycles. The third kappa shape index (κ3) is 4.80. The summed E-state index contributed by atoms with van der Waals surface area (Å²) < 4.78 is 10.2. The van der Waals surface area contributed by atoms with Crippen molar-refractivity contribution >= 4 is 22.6 Å². The highest BCUT2D eigenvalue weighted by Gasteiger charge is 1.99. The molecule has 0 aliphatic carbocycles. The smallest absolute Gasteiger partial charge is 0.0602 e. The molecule has 0 N–H and O–H groups in total. The predicted molar refractivity (Wildman–Crippen MR) is 41.6 cm³/mol. The molecule has 0 heterocycles. The third-order valence-corrected chi connectivity index (χ3v) is 1.41. The van der Waals surface area contributed by atoms with Gasteiger partial charge in [-0.1, -0.05) is 22.6 Å². The monoisotopic (exact) mass is 230 g/mol. The lowest BCUT2D eigenvalue weighted by molar-refractivity contribution is 0.149. The summed E-state index contributed by atoms with van der Waals surface area (Å²) in [5.74, 6) is 0. The average Bonchev–Trinajstić information content (AvgIpc) is 1.68. The van der Waals surface area contributed by atoms with Crippen molar-refractivity contribution in [2.24, 2.45) is 0 Å². The summed E-state index contributed by atoms with van der Waals surface area (Å²) in [5, 5.41) is 0. The Morgan fingerprint density at radius 1 is 1.25 bits per heavy atom. The zero-order chi connectivity index (χ0) is 6.41. The molecule has 0 saturated heterocycles. The van der Waals surface area contributed by atoms with Gasteiger partial charge in [0.2, 0.25) is 0 Å². The molecular weight excluding hydrogens is 219 g/mol. The van der Waals surface area contributed by atoms with Crippen LogP contribution in [-0.4, -0.2) is 31.4 Å². The molecule has 0 radical (unpaired) electrons. The van der Waals surface area contributed by atoms with E-state index in [1.165, 1.54) is 0 Å². The van der Waals surface area contributed by atoms with Crippen molar-refractivity contribution in [2.75, 3.05) is 27.4 Å². The highest BCUT2D eigenvalue weighted by Crippen LogP contribution is 1.99. The van der Waals surface area contributed by atoms with E-state index in [2.05, 4.69) is 22.6 Å². The molecular formula is C5H11IO2. The molecule has 0 saturated carbocycles. The van der Waals surface area contributed by atoms with Crippen LogP contribution in [0.1, 0.15) is 0 Å². The van der Waals surface area contributed by atoms with E-state index in [9.17, 15) is 0 Å². The minimum absolute atomic E-state index is 0.489. The summed E-state index contributed by atoms with van der Waals surface area (Å²) in [6.45, 7) is 1.54. The van der Waals surface area contributed by atoms with Gasteiger partial charge in [-0.05, 0) is 0 Å². The maximum atomic E-state index is 4.87. The number of hydrogen-bond donors (Lipinski definition) is 0. The molecule has 0 aliphatic rings. The molecule has 0 amide bonds. The van der Waals surface area contributed by atoms with E-state index in [0.717, 1.165) is 13.2 Å². The van der Waals surface area contributed by atoms with E-state index in [1.54, 1.807) is 14.2 Å². The van der Waals surface area contributed by atoms with Gasteiger partial charge in [0, 0.05) is 14.2 Å². The highest BCUT2D eigenvalue weighted by molar-refractivity contribution is 14.1. The fourth-order valence-corrected chi connectivity index (χ4v) is 1.13. The van der Waals surface area contributed by atoms with E-state index in [0.29, 0.717) is 3.92 Å². The first kappa shape index (κ1) is 8.65. The Labute approximate surface area is 63.7 Å². The fraction of sp³-hybridized carbons (Fsp3) is 1.00. The largest absolute Gasteiger partial charge is 0.384 e. The minimum Gasteiger partial charge on any atom is -0.384 e. The number of rotatable bonds is 4. The number of methoxy groups -OCH3 is 2. The Kier molecular flexibility index (Phi) is 6.25. The second-order valence-corrected chi connectivity index (χ2v) is 3.27. The van der Waals surface area contributed by atoms with Gasteiger partial charge in [0.15, 0.2) is 0 Å². The van der Waals surface area contributed by atoms with Crippen molar-refractivity contribution in [2.45, 2.75) is 3.92 Å². The van der Waals surface area contributed by atoms with Crippen LogP contribution in [0.2, 0.25) is 0 Å². The molecule has 0 spiro atoms. The topological polar surface area (TPSA) is 18.5 Å². The van der Waals surface area contributed by atoms with Gasteiger partial charge in [-0.3, -0.25) is 0 Å². The van der Waals surface area contributed by atoms with E-state index in [4.69, 9.17) is 9.47 Å². The van der Waals surface area contributed by atoms with Crippen LogP contribution in [0.25, 0.3) is 0 Å². The molecule has 8 heavy (non-hydrogen) atoms. The van der Waals surface area contributed by atoms with Crippen LogP contribution >= 0.6 is 22.6 Å². The van der Waals surface area contributed by atoms with Crippen LogP contribution in [0.5, 0.6) is 0 Å². The zero-order valence-corrected chi connectivity index (χ0v) is 7.34. The fourth-order valence-electron chi connectivity index (χ4n) is 0.410. The number of ether oxygens (including phenoxy) is 2. The Bertz CT molecular complexity index is 43.7. The van der Waals surface area contributed by atoms with Crippen molar-refractivity contribution in [1.82, 2.24) is 0 Å². The van der Waals surface area contributed by atoms with Crippen molar-refractivity contribution in [3.8, 4) is 0 Å². The normalized spacial score (nSPS) is 10.5. The summed E-state index contributed by atoms with van der Waals surface area (Å²) in [4.78, 5) is 0. The van der Waals surface area contributed by atoms with E-state index in [1.807, 2.05) is 0 Å². The van der Waals surface area contributed by atoms with Crippen LogP contribution in [0.15, 0.2) is 0 Å². The van der Waals surface area contributed by atoms with Gasteiger partial charge < -0.3 is 9.47 Å². The average molecular weight is 230 g/mol. The molecule has 2 nitrogen and oxygen atoms in total. The summed E-state index contributed by atoms with van der Waals surface area (Å²) in [6, 6.07) is 0. The second kappa shape index (κ2) is 5.78. The second-order valence-electron chi connectivity index (χ2n) is 1.51. The van der Waals surface area contributed by atoms with Gasteiger partial charge in [0.25, 0.3) is 0 Å². The van der Waals surface area contributed by atoms with E-state index in [-0.39, 0.29) is 0 Å². The van der Waals surface area contributed by atoms with Crippen molar-refractivity contribution < 1.29 is 9.47 Å². The Hall–Kier alpha value is 0.650. The SMILES string of the molecule is COCC(I)COC. The maximum absolute atomic E-state index is 4.87. The summed E-state index contributed by atoms with van der Waals surface area (Å²) >= 11 is 2.29. The van der Waals surface area contributed by atoms with Gasteiger partial charge in [-0.25, -0.2) is 0 Å². The van der Waals surface area contributed by atoms with Crippen LogP contribution < -0.4 is 0 Å². The first-order chi connectivity index (χ1) is 3.81. The molecule has 0 rings (SSSR count). The molecule has 0 aliphatic heterocycles. The first-order valence-corrected chi connectivity index (χ1v) is 3.67. The molecule has 0 fully saturated rings. The van der Waals surface area contributed by atoms with Crippen LogP contribution in [0.4, 0.5) is 0 Å². The van der Waals surface area contributed by atoms with Crippen LogP contribution in [0.3, 0.4) is 0 Å². The zero-order valence-electron chi connectivity index (χ0n) is 5.19. The van der Waals surface area contributed by atoms with Gasteiger partial charge in [-0.2, -0.15) is 0 Å². The van der Waals surface area contributed by atoms with Crippen LogP contribution in [0, 0.1) is 0 Å². The predicted octanol–water partition coefficient (Wildman–Crippen LogP) is 1.08. The van der Waals surface area contributed by atoms with Gasteiger partial charge in [0.05, 0.1) is 17.1 Å². The molecule has 0 aromatic heterocycles. The third-order valence-electron chi connectivity index (χ3n) is 0.695. The molecule has 3 heteroatoms. The summed E-state index contributed by atoms with van der Waals surface area (Å²) in [5.41, 5.74) is 0. The molecule has 0 unspecified atom stereocenters. The quantitative estimate of drug-likeness (QED) is 0.531. The lowest BCUT2D eigenvalue weighted by Gasteiger charge is -2.04. The lowest BCUT2D eigenvalue weighted by atomic mass is 10.5. The van der Waals surface area contributed by atoms with Gasteiger partial charge in [-0.15, -0.1) is 0 Å². The molecule has 50 valence electrons. The Morgan fingerprint density at radius 3 is 1.88 bits per heavy atom. The van der Waals surface area contributed by atoms with E-state index >= 15 is 0 Å². The Morgan fingerprint density at radius 2 is 1.62 bits per heavy atom. The van der Waals surface area contributed by atoms with Gasteiger partial charge in [0.1, 0.15) is 0 Å².